The second kappa shape index (κ2) is 5.04. The number of halogens is 1. The van der Waals surface area contributed by atoms with Crippen molar-refractivity contribution in [3.8, 4) is 5.75 Å². The summed E-state index contributed by atoms with van der Waals surface area (Å²) in [6.07, 6.45) is 0. The molecule has 0 saturated heterocycles. The third-order valence-electron chi connectivity index (χ3n) is 1.53. The van der Waals surface area contributed by atoms with Gasteiger partial charge in [-0.05, 0) is 19.1 Å². The molecule has 0 aromatic carbocycles. The third-order valence-corrected chi connectivity index (χ3v) is 1.78. The maximum absolute atomic E-state index is 5.70. The van der Waals surface area contributed by atoms with E-state index in [1.807, 2.05) is 19.1 Å². The molecule has 0 saturated carbocycles. The van der Waals surface area contributed by atoms with E-state index in [0.717, 1.165) is 11.4 Å². The Labute approximate surface area is 82.6 Å². The van der Waals surface area contributed by atoms with Gasteiger partial charge in [-0.25, -0.2) is 0 Å². The number of pyridine rings is 1. The molecule has 0 unspecified atom stereocenters. The first-order valence-electron chi connectivity index (χ1n) is 3.92. The lowest BCUT2D eigenvalue weighted by Crippen LogP contribution is -2.02. The molecule has 72 valence electrons. The number of ether oxygens (including phenoxy) is 2. The Balaban J connectivity index is 2.79. The van der Waals surface area contributed by atoms with Crippen LogP contribution in [0.2, 0.25) is 0 Å². The van der Waals surface area contributed by atoms with Gasteiger partial charge in [0, 0.05) is 12.8 Å². The zero-order valence-electron chi connectivity index (χ0n) is 7.71. The average molecular weight is 202 g/mol. The monoisotopic (exact) mass is 201 g/mol. The van der Waals surface area contributed by atoms with E-state index in [1.54, 1.807) is 7.11 Å². The van der Waals surface area contributed by atoms with E-state index in [4.69, 9.17) is 21.1 Å². The van der Waals surface area contributed by atoms with Crippen LogP contribution in [0.4, 0.5) is 0 Å². The molecule has 0 aliphatic rings. The van der Waals surface area contributed by atoms with Gasteiger partial charge in [-0.1, -0.05) is 0 Å². The van der Waals surface area contributed by atoms with Crippen molar-refractivity contribution in [2.45, 2.75) is 12.8 Å². The molecule has 0 spiro atoms. The van der Waals surface area contributed by atoms with Gasteiger partial charge in [-0.15, -0.1) is 11.6 Å². The van der Waals surface area contributed by atoms with Gasteiger partial charge in [0.1, 0.15) is 5.75 Å². The van der Waals surface area contributed by atoms with Crippen LogP contribution in [0, 0.1) is 6.92 Å². The van der Waals surface area contributed by atoms with Gasteiger partial charge in [0.2, 0.25) is 0 Å². The van der Waals surface area contributed by atoms with E-state index in [2.05, 4.69) is 4.98 Å². The van der Waals surface area contributed by atoms with Gasteiger partial charge in [-0.3, -0.25) is 4.98 Å². The van der Waals surface area contributed by atoms with Crippen molar-refractivity contribution in [2.75, 3.05) is 13.9 Å². The smallest absolute Gasteiger partial charge is 0.188 e. The van der Waals surface area contributed by atoms with Crippen LogP contribution in [0.15, 0.2) is 12.1 Å². The number of methoxy groups -OCH3 is 1. The Bertz CT molecular complexity index is 278. The number of nitrogens with zero attached hydrogens (tertiary/aromatic N) is 1. The summed E-state index contributed by atoms with van der Waals surface area (Å²) >= 11 is 5.70. The van der Waals surface area contributed by atoms with Crippen LogP contribution in [-0.2, 0) is 10.6 Å². The Kier molecular flexibility index (Phi) is 3.99. The van der Waals surface area contributed by atoms with Crippen molar-refractivity contribution in [3.63, 3.8) is 0 Å². The minimum absolute atomic E-state index is 0.217. The number of hydrogen-bond acceptors (Lipinski definition) is 3. The number of aryl methyl sites for hydroxylation is 1. The Morgan fingerprint density at radius 2 is 2.23 bits per heavy atom. The molecule has 0 N–H and O–H groups in total. The van der Waals surface area contributed by atoms with Gasteiger partial charge >= 0.3 is 0 Å². The molecule has 0 radical (unpaired) electrons. The lowest BCUT2D eigenvalue weighted by molar-refractivity contribution is 0.0502. The summed E-state index contributed by atoms with van der Waals surface area (Å²) in [7, 11) is 1.57. The zero-order chi connectivity index (χ0) is 9.68. The first-order valence-corrected chi connectivity index (χ1v) is 4.45. The largest absolute Gasteiger partial charge is 0.466 e. The van der Waals surface area contributed by atoms with Crippen LogP contribution in [0.25, 0.3) is 0 Å². The summed E-state index contributed by atoms with van der Waals surface area (Å²) in [5.41, 5.74) is 1.68. The first kappa shape index (κ1) is 10.3. The van der Waals surface area contributed by atoms with Gasteiger partial charge in [0.05, 0.1) is 11.6 Å². The van der Waals surface area contributed by atoms with Crippen molar-refractivity contribution < 1.29 is 9.47 Å². The molecule has 1 heterocycles. The van der Waals surface area contributed by atoms with Crippen LogP contribution in [0.3, 0.4) is 0 Å². The van der Waals surface area contributed by atoms with Crippen molar-refractivity contribution in [2.24, 2.45) is 0 Å². The minimum Gasteiger partial charge on any atom is -0.466 e. The standard InChI is InChI=1S/C9H12ClNO2/c1-7-3-4-9(13-6-12-2)8(5-10)11-7/h3-4H,5-6H2,1-2H3. The number of alkyl halides is 1. The summed E-state index contributed by atoms with van der Waals surface area (Å²) in [6, 6.07) is 3.72. The molecule has 0 amide bonds. The van der Waals surface area contributed by atoms with Gasteiger partial charge < -0.3 is 9.47 Å². The number of rotatable bonds is 4. The molecule has 1 rings (SSSR count). The van der Waals surface area contributed by atoms with Crippen LogP contribution >= 0.6 is 11.6 Å². The predicted molar refractivity (Wildman–Crippen MR) is 51.0 cm³/mol. The Morgan fingerprint density at radius 1 is 1.46 bits per heavy atom. The summed E-state index contributed by atoms with van der Waals surface area (Å²) in [5.74, 6) is 1.03. The van der Waals surface area contributed by atoms with E-state index < -0.39 is 0 Å². The molecule has 0 aliphatic heterocycles. The highest BCUT2D eigenvalue weighted by Crippen LogP contribution is 2.18. The molecule has 4 heteroatoms. The molecule has 3 nitrogen and oxygen atoms in total. The normalized spacial score (nSPS) is 10.1. The van der Waals surface area contributed by atoms with E-state index >= 15 is 0 Å². The predicted octanol–water partition coefficient (Wildman–Crippen LogP) is 2.11. The third kappa shape index (κ3) is 2.86. The lowest BCUT2D eigenvalue weighted by atomic mass is 10.3. The fraction of sp³-hybridized carbons (Fsp3) is 0.444. The molecule has 1 aromatic rings. The number of aromatic nitrogens is 1. The van der Waals surface area contributed by atoms with Crippen molar-refractivity contribution in [3.05, 3.63) is 23.5 Å². The number of hydrogen-bond donors (Lipinski definition) is 0. The second-order valence-corrected chi connectivity index (χ2v) is 2.85. The molecule has 0 fully saturated rings. The highest BCUT2D eigenvalue weighted by atomic mass is 35.5. The van der Waals surface area contributed by atoms with Gasteiger partial charge in [0.25, 0.3) is 0 Å². The molecule has 13 heavy (non-hydrogen) atoms. The maximum Gasteiger partial charge on any atom is 0.188 e. The summed E-state index contributed by atoms with van der Waals surface area (Å²) < 4.78 is 10.0. The van der Waals surface area contributed by atoms with E-state index in [9.17, 15) is 0 Å². The quantitative estimate of drug-likeness (QED) is 0.552. The Morgan fingerprint density at radius 3 is 2.85 bits per heavy atom. The minimum atomic E-state index is 0.217. The molecule has 0 aliphatic carbocycles. The molecule has 0 bridgehead atoms. The van der Waals surface area contributed by atoms with E-state index in [1.165, 1.54) is 0 Å². The second-order valence-electron chi connectivity index (χ2n) is 2.58. The average Bonchev–Trinajstić information content (AvgIpc) is 2.16. The summed E-state index contributed by atoms with van der Waals surface area (Å²) in [6.45, 7) is 2.13. The molecular weight excluding hydrogens is 190 g/mol. The first-order chi connectivity index (χ1) is 6.27. The van der Waals surface area contributed by atoms with Crippen LogP contribution in [0.1, 0.15) is 11.4 Å². The molecule has 0 atom stereocenters. The molecular formula is C9H12ClNO2. The summed E-state index contributed by atoms with van der Waals surface area (Å²) in [4.78, 5) is 4.23. The van der Waals surface area contributed by atoms with Crippen LogP contribution in [-0.4, -0.2) is 18.9 Å². The maximum atomic E-state index is 5.70. The van der Waals surface area contributed by atoms with Crippen LogP contribution in [0.5, 0.6) is 5.75 Å². The van der Waals surface area contributed by atoms with Crippen molar-refractivity contribution in [1.82, 2.24) is 4.98 Å². The SMILES string of the molecule is COCOc1ccc(C)nc1CCl. The highest BCUT2D eigenvalue weighted by Gasteiger charge is 2.03. The van der Waals surface area contributed by atoms with Crippen LogP contribution < -0.4 is 4.74 Å². The molecule has 1 aromatic heterocycles. The zero-order valence-corrected chi connectivity index (χ0v) is 8.47. The van der Waals surface area contributed by atoms with E-state index in [0.29, 0.717) is 11.6 Å². The van der Waals surface area contributed by atoms with Gasteiger partial charge in [0.15, 0.2) is 6.79 Å². The van der Waals surface area contributed by atoms with Crippen molar-refractivity contribution in [1.29, 1.82) is 0 Å². The topological polar surface area (TPSA) is 31.4 Å². The van der Waals surface area contributed by atoms with E-state index in [-0.39, 0.29) is 6.79 Å². The van der Waals surface area contributed by atoms with Crippen molar-refractivity contribution >= 4 is 11.6 Å². The Hall–Kier alpha value is -0.800. The highest BCUT2D eigenvalue weighted by molar-refractivity contribution is 6.17. The fourth-order valence-corrected chi connectivity index (χ4v) is 1.14. The lowest BCUT2D eigenvalue weighted by Gasteiger charge is -2.08. The summed E-state index contributed by atoms with van der Waals surface area (Å²) in [5, 5.41) is 0. The fourth-order valence-electron chi connectivity index (χ4n) is 0.947. The van der Waals surface area contributed by atoms with Gasteiger partial charge in [-0.2, -0.15) is 0 Å².